The molecule has 23 heavy (non-hydrogen) atoms. The zero-order valence-electron chi connectivity index (χ0n) is 13.0. The van der Waals surface area contributed by atoms with Crippen LogP contribution in [0.4, 0.5) is 4.79 Å². The lowest BCUT2D eigenvalue weighted by Gasteiger charge is -2.27. The van der Waals surface area contributed by atoms with E-state index in [4.69, 9.17) is 0 Å². The summed E-state index contributed by atoms with van der Waals surface area (Å²) < 4.78 is 0. The molecule has 0 aliphatic heterocycles. The zero-order valence-corrected chi connectivity index (χ0v) is 13.8. The van der Waals surface area contributed by atoms with E-state index in [-0.39, 0.29) is 18.5 Å². The third-order valence-electron chi connectivity index (χ3n) is 4.26. The van der Waals surface area contributed by atoms with Crippen molar-refractivity contribution in [3.63, 3.8) is 0 Å². The van der Waals surface area contributed by atoms with Crippen molar-refractivity contribution in [2.75, 3.05) is 13.1 Å². The largest absolute Gasteiger partial charge is 0.382 e. The Balaban J connectivity index is 1.46. The minimum absolute atomic E-state index is 0.225. The smallest absolute Gasteiger partial charge is 0.314 e. The highest BCUT2D eigenvalue weighted by atomic mass is 32.1. The lowest BCUT2D eigenvalue weighted by atomic mass is 9.96. The molecule has 5 heteroatoms. The van der Waals surface area contributed by atoms with Gasteiger partial charge in [-0.2, -0.15) is 0 Å². The SMILES string of the molecule is O=C(NCCc1ccccc1)NCC(O)(c1cccs1)C1CC1. The topological polar surface area (TPSA) is 61.4 Å². The molecule has 2 amide bonds. The number of hydrogen-bond acceptors (Lipinski definition) is 3. The molecular weight excluding hydrogens is 308 g/mol. The van der Waals surface area contributed by atoms with Crippen LogP contribution in [0, 0.1) is 5.92 Å². The van der Waals surface area contributed by atoms with Gasteiger partial charge in [0.2, 0.25) is 0 Å². The number of hydrogen-bond donors (Lipinski definition) is 3. The Morgan fingerprint density at radius 2 is 1.96 bits per heavy atom. The summed E-state index contributed by atoms with van der Waals surface area (Å²) in [5.74, 6) is 0.255. The quantitative estimate of drug-likeness (QED) is 0.731. The maximum Gasteiger partial charge on any atom is 0.314 e. The summed E-state index contributed by atoms with van der Waals surface area (Å²) in [7, 11) is 0. The van der Waals surface area contributed by atoms with Gasteiger partial charge in [-0.05, 0) is 42.2 Å². The number of carbonyl (C=O) groups is 1. The van der Waals surface area contributed by atoms with Crippen LogP contribution in [0.25, 0.3) is 0 Å². The summed E-state index contributed by atoms with van der Waals surface area (Å²) in [6.07, 6.45) is 2.84. The number of aliphatic hydroxyl groups is 1. The van der Waals surface area contributed by atoms with E-state index < -0.39 is 5.60 Å². The summed E-state index contributed by atoms with van der Waals surface area (Å²) in [5.41, 5.74) is 0.270. The lowest BCUT2D eigenvalue weighted by Crippen LogP contribution is -2.46. The maximum atomic E-state index is 12.0. The molecule has 2 aromatic rings. The fraction of sp³-hybridized carbons (Fsp3) is 0.389. The van der Waals surface area contributed by atoms with Crippen molar-refractivity contribution >= 4 is 17.4 Å². The van der Waals surface area contributed by atoms with Crippen molar-refractivity contribution < 1.29 is 9.90 Å². The molecule has 0 spiro atoms. The molecule has 122 valence electrons. The maximum absolute atomic E-state index is 12.0. The van der Waals surface area contributed by atoms with E-state index >= 15 is 0 Å². The van der Waals surface area contributed by atoms with E-state index in [1.165, 1.54) is 5.56 Å². The van der Waals surface area contributed by atoms with Crippen LogP contribution in [-0.2, 0) is 12.0 Å². The monoisotopic (exact) mass is 330 g/mol. The molecule has 1 aliphatic rings. The summed E-state index contributed by atoms with van der Waals surface area (Å²) in [5, 5.41) is 18.6. The van der Waals surface area contributed by atoms with Crippen molar-refractivity contribution in [3.05, 3.63) is 58.3 Å². The minimum atomic E-state index is -0.926. The molecular formula is C18H22N2O2S. The summed E-state index contributed by atoms with van der Waals surface area (Å²) in [4.78, 5) is 12.9. The van der Waals surface area contributed by atoms with E-state index in [2.05, 4.69) is 10.6 Å². The van der Waals surface area contributed by atoms with Gasteiger partial charge in [0, 0.05) is 11.4 Å². The first-order chi connectivity index (χ1) is 11.2. The highest BCUT2D eigenvalue weighted by Gasteiger charge is 2.45. The molecule has 1 aromatic heterocycles. The van der Waals surface area contributed by atoms with E-state index in [1.807, 2.05) is 47.8 Å². The lowest BCUT2D eigenvalue weighted by molar-refractivity contribution is 0.0196. The van der Waals surface area contributed by atoms with Crippen molar-refractivity contribution in [2.24, 2.45) is 5.92 Å². The van der Waals surface area contributed by atoms with Gasteiger partial charge in [-0.15, -0.1) is 11.3 Å². The first-order valence-electron chi connectivity index (χ1n) is 8.00. The van der Waals surface area contributed by atoms with Crippen molar-refractivity contribution in [1.29, 1.82) is 0 Å². The third-order valence-corrected chi connectivity index (χ3v) is 5.30. The molecule has 1 atom stereocenters. The van der Waals surface area contributed by atoms with Gasteiger partial charge in [0.1, 0.15) is 5.60 Å². The minimum Gasteiger partial charge on any atom is -0.382 e. The molecule has 4 nitrogen and oxygen atoms in total. The second kappa shape index (κ2) is 7.15. The second-order valence-electron chi connectivity index (χ2n) is 6.02. The number of carbonyl (C=O) groups excluding carboxylic acids is 1. The molecule has 3 N–H and O–H groups in total. The van der Waals surface area contributed by atoms with Gasteiger partial charge in [0.25, 0.3) is 0 Å². The van der Waals surface area contributed by atoms with Crippen LogP contribution in [0.2, 0.25) is 0 Å². The molecule has 1 unspecified atom stereocenters. The molecule has 0 bridgehead atoms. The number of benzene rings is 1. The van der Waals surface area contributed by atoms with E-state index in [1.54, 1.807) is 11.3 Å². The van der Waals surface area contributed by atoms with Gasteiger partial charge < -0.3 is 15.7 Å². The average Bonchev–Trinajstić information content (AvgIpc) is 3.29. The van der Waals surface area contributed by atoms with E-state index in [9.17, 15) is 9.90 Å². The summed E-state index contributed by atoms with van der Waals surface area (Å²) >= 11 is 1.54. The predicted molar refractivity (Wildman–Crippen MR) is 92.5 cm³/mol. The third kappa shape index (κ3) is 4.12. The summed E-state index contributed by atoms with van der Waals surface area (Å²) in [6.45, 7) is 0.839. The number of urea groups is 1. The molecule has 1 fully saturated rings. The Morgan fingerprint density at radius 3 is 2.61 bits per heavy atom. The Kier molecular flexibility index (Phi) is 4.98. The molecule has 1 heterocycles. The molecule has 3 rings (SSSR count). The fourth-order valence-electron chi connectivity index (χ4n) is 2.76. The molecule has 0 saturated heterocycles. The van der Waals surface area contributed by atoms with Crippen LogP contribution in [0.15, 0.2) is 47.8 Å². The molecule has 0 radical (unpaired) electrons. The Hall–Kier alpha value is -1.85. The number of nitrogens with one attached hydrogen (secondary N) is 2. The predicted octanol–water partition coefficient (Wildman–Crippen LogP) is 2.89. The zero-order chi connectivity index (χ0) is 16.1. The normalized spacial score (nSPS) is 16.6. The van der Waals surface area contributed by atoms with Gasteiger partial charge in [-0.1, -0.05) is 36.4 Å². The van der Waals surface area contributed by atoms with Gasteiger partial charge >= 0.3 is 6.03 Å². The molecule has 1 aromatic carbocycles. The van der Waals surface area contributed by atoms with Crippen molar-refractivity contribution in [1.82, 2.24) is 10.6 Å². The van der Waals surface area contributed by atoms with Crippen LogP contribution in [0.1, 0.15) is 23.3 Å². The van der Waals surface area contributed by atoms with Gasteiger partial charge in [-0.3, -0.25) is 0 Å². The standard InChI is InChI=1S/C18H22N2O2S/c21-17(19-11-10-14-5-2-1-3-6-14)20-13-18(22,15-8-9-15)16-7-4-12-23-16/h1-7,12,15,22H,8-11,13H2,(H2,19,20,21). The number of rotatable bonds is 7. The first-order valence-corrected chi connectivity index (χ1v) is 8.88. The van der Waals surface area contributed by atoms with Crippen molar-refractivity contribution in [3.8, 4) is 0 Å². The van der Waals surface area contributed by atoms with Crippen molar-refractivity contribution in [2.45, 2.75) is 24.9 Å². The van der Waals surface area contributed by atoms with Gasteiger partial charge in [-0.25, -0.2) is 4.79 Å². The van der Waals surface area contributed by atoms with Crippen LogP contribution in [0.3, 0.4) is 0 Å². The Bertz CT molecular complexity index is 626. The second-order valence-corrected chi connectivity index (χ2v) is 6.97. The Labute approximate surface area is 140 Å². The van der Waals surface area contributed by atoms with E-state index in [0.29, 0.717) is 6.54 Å². The van der Waals surface area contributed by atoms with Gasteiger partial charge in [0.15, 0.2) is 0 Å². The average molecular weight is 330 g/mol. The molecule has 1 saturated carbocycles. The first kappa shape index (κ1) is 16.0. The fourth-order valence-corrected chi connectivity index (χ4v) is 3.66. The number of thiophene rings is 1. The van der Waals surface area contributed by atoms with Gasteiger partial charge in [0.05, 0.1) is 6.54 Å². The molecule has 1 aliphatic carbocycles. The Morgan fingerprint density at radius 1 is 1.17 bits per heavy atom. The van der Waals surface area contributed by atoms with Crippen LogP contribution >= 0.6 is 11.3 Å². The highest BCUT2D eigenvalue weighted by Crippen LogP contribution is 2.46. The number of amides is 2. The summed E-state index contributed by atoms with van der Waals surface area (Å²) in [6, 6.07) is 13.7. The van der Waals surface area contributed by atoms with Crippen LogP contribution in [0.5, 0.6) is 0 Å². The van der Waals surface area contributed by atoms with E-state index in [0.717, 1.165) is 24.1 Å². The van der Waals surface area contributed by atoms with Crippen LogP contribution in [-0.4, -0.2) is 24.2 Å². The highest BCUT2D eigenvalue weighted by molar-refractivity contribution is 7.10. The van der Waals surface area contributed by atoms with Crippen LogP contribution < -0.4 is 10.6 Å².